The zero-order chi connectivity index (χ0) is 56.7. The molecule has 9 rings (SSSR count). The van der Waals surface area contributed by atoms with Crippen molar-refractivity contribution in [3.8, 4) is 33.4 Å². The molecule has 0 bridgehead atoms. The number of rotatable bonds is 8. The molecule has 1 aliphatic rings. The predicted octanol–water partition coefficient (Wildman–Crippen LogP) is 18.0. The van der Waals surface area contributed by atoms with Crippen molar-refractivity contribution in [3.05, 3.63) is 156 Å². The molecule has 8 aromatic rings. The molecule has 1 heterocycles. The molecule has 8 aromatic carbocycles. The number of benzene rings is 6. The monoisotopic (exact) mass is 1210 g/mol. The first-order valence-corrected chi connectivity index (χ1v) is 49.0. The van der Waals surface area contributed by atoms with E-state index in [1.807, 2.05) is 6.07 Å². The summed E-state index contributed by atoms with van der Waals surface area (Å²) in [5.41, 5.74) is 14.6. The van der Waals surface area contributed by atoms with Crippen LogP contribution in [0.3, 0.4) is 0 Å². The van der Waals surface area contributed by atoms with Gasteiger partial charge in [0.15, 0.2) is 0 Å². The smallest absolute Gasteiger partial charge is 0.0920 e. The molecule has 0 unspecified atom stereocenters. The van der Waals surface area contributed by atoms with E-state index in [0.29, 0.717) is 11.8 Å². The molecule has 0 N–H and O–H groups in total. The molecular formula is C68H89Cl2Si5Zr-3. The molecule has 0 aliphatic carbocycles. The van der Waals surface area contributed by atoms with Gasteiger partial charge in [0.1, 0.15) is 0 Å². The summed E-state index contributed by atoms with van der Waals surface area (Å²) >= 11 is -0.826. The fraction of sp³-hybridized carbons (Fsp3) is 0.382. The van der Waals surface area contributed by atoms with E-state index in [0.717, 1.165) is 9.52 Å². The molecular weight excluding hydrogens is 1120 g/mol. The Morgan fingerprint density at radius 3 is 1.17 bits per heavy atom. The predicted molar refractivity (Wildman–Crippen MR) is 355 cm³/mol. The summed E-state index contributed by atoms with van der Waals surface area (Å²) in [5, 5.41) is 14.8. The van der Waals surface area contributed by atoms with Gasteiger partial charge in [0.05, 0.1) is 41.8 Å². The average Bonchev–Trinajstić information content (AvgIpc) is 4.06. The molecule has 0 atom stereocenters. The molecule has 1 aliphatic heterocycles. The Morgan fingerprint density at radius 1 is 0.474 bits per heavy atom. The van der Waals surface area contributed by atoms with E-state index in [1.54, 1.807) is 20.7 Å². The van der Waals surface area contributed by atoms with Gasteiger partial charge in [-0.25, -0.2) is 0 Å². The van der Waals surface area contributed by atoms with Crippen LogP contribution in [-0.2, 0) is 31.7 Å². The molecule has 402 valence electrons. The first-order valence-electron chi connectivity index (χ1n) is 27.7. The Labute approximate surface area is 487 Å². The van der Waals surface area contributed by atoms with Crippen LogP contribution in [-0.4, -0.2) is 41.8 Å². The minimum atomic E-state index is -1.43. The fourth-order valence-corrected chi connectivity index (χ4v) is 16.5. The second-order valence-corrected chi connectivity index (χ2v) is 53.5. The maximum atomic E-state index is 4.93. The van der Waals surface area contributed by atoms with Crippen LogP contribution in [0.15, 0.2) is 127 Å². The third-order valence-corrected chi connectivity index (χ3v) is 24.5. The van der Waals surface area contributed by atoms with Crippen molar-refractivity contribution in [3.63, 3.8) is 0 Å². The Morgan fingerprint density at radius 2 is 0.829 bits per heavy atom. The van der Waals surface area contributed by atoms with Gasteiger partial charge in [-0.15, -0.1) is 74.6 Å². The summed E-state index contributed by atoms with van der Waals surface area (Å²) in [5.74, 6) is 1.10. The van der Waals surface area contributed by atoms with Gasteiger partial charge in [-0.3, -0.25) is 0 Å². The van der Waals surface area contributed by atoms with Crippen LogP contribution in [0.2, 0.25) is 78.6 Å². The molecule has 0 saturated heterocycles. The van der Waals surface area contributed by atoms with Crippen molar-refractivity contribution in [1.82, 2.24) is 0 Å². The van der Waals surface area contributed by atoms with E-state index in [2.05, 4.69) is 275 Å². The van der Waals surface area contributed by atoms with Gasteiger partial charge in [-0.1, -0.05) is 262 Å². The third-order valence-electron chi connectivity index (χ3n) is 15.0. The van der Waals surface area contributed by atoms with Gasteiger partial charge >= 0.3 is 37.9 Å². The van der Waals surface area contributed by atoms with E-state index < -0.39 is 53.1 Å². The van der Waals surface area contributed by atoms with Crippen LogP contribution < -0.4 is 31.1 Å². The van der Waals surface area contributed by atoms with Crippen LogP contribution in [0.1, 0.15) is 103 Å². The first kappa shape index (κ1) is 62.3. The molecule has 0 saturated carbocycles. The summed E-state index contributed by atoms with van der Waals surface area (Å²) in [6.07, 6.45) is 0. The van der Waals surface area contributed by atoms with E-state index in [-0.39, 0.29) is 10.8 Å². The quantitative estimate of drug-likeness (QED) is 0.105. The van der Waals surface area contributed by atoms with E-state index in [1.165, 1.54) is 87.6 Å². The molecule has 0 spiro atoms. The second-order valence-electron chi connectivity index (χ2n) is 28.2. The van der Waals surface area contributed by atoms with Crippen molar-refractivity contribution in [1.29, 1.82) is 0 Å². The number of fused-ring (bicyclic) bond motifs is 5. The van der Waals surface area contributed by atoms with Crippen LogP contribution in [0, 0.1) is 6.07 Å². The minimum absolute atomic E-state index is 0.104. The van der Waals surface area contributed by atoms with Crippen LogP contribution in [0.4, 0.5) is 0 Å². The van der Waals surface area contributed by atoms with Crippen molar-refractivity contribution in [2.75, 3.05) is 0 Å². The maximum absolute atomic E-state index is 4.93. The molecule has 76 heavy (non-hydrogen) atoms. The molecule has 0 fully saturated rings. The minimum Gasteiger partial charge on any atom is -0.184 e. The van der Waals surface area contributed by atoms with Gasteiger partial charge < -0.3 is 0 Å². The van der Waals surface area contributed by atoms with Crippen molar-refractivity contribution in [2.45, 2.75) is 170 Å². The summed E-state index contributed by atoms with van der Waals surface area (Å²) in [6, 6.07) is 52.5. The maximum Gasteiger partial charge on any atom is 0.0920 e. The summed E-state index contributed by atoms with van der Waals surface area (Å²) < 4.78 is 0. The van der Waals surface area contributed by atoms with Gasteiger partial charge in [-0.2, -0.15) is 41.6 Å². The van der Waals surface area contributed by atoms with Crippen molar-refractivity contribution < 1.29 is 20.8 Å². The van der Waals surface area contributed by atoms with Crippen molar-refractivity contribution in [2.24, 2.45) is 0 Å². The zero-order valence-corrected chi connectivity index (χ0v) is 59.5. The zero-order valence-electron chi connectivity index (χ0n) is 50.5. The van der Waals surface area contributed by atoms with Gasteiger partial charge in [0.2, 0.25) is 0 Å². The summed E-state index contributed by atoms with van der Waals surface area (Å²) in [7, 11) is 4.95. The second kappa shape index (κ2) is 24.0. The molecule has 2 radical (unpaired) electrons. The van der Waals surface area contributed by atoms with Crippen LogP contribution >= 0.6 is 17.0 Å². The fourth-order valence-electron chi connectivity index (χ4n) is 10.2. The van der Waals surface area contributed by atoms with E-state index in [9.17, 15) is 0 Å². The van der Waals surface area contributed by atoms with E-state index >= 15 is 0 Å². The largest absolute Gasteiger partial charge is 0.184 e. The SMILES string of the molecule is CC(C)c1cc2c(-c3cc([Si](C)(C)C)cc([Si](C)(C)C)c3)c(C(C)(C)C)ccc2[cH-]1.CC(C)c1cc2c(-c3cc([Si](C)(C)C)cc([Si](C)(C)C)c3)c(C(C)(C)C)ccc2[cH-]1.[Cl][Zr][Cl].[c-]1cccc2c1[Si]c1ccccc1-2. The standard InChI is InChI=1S/2C28H41Si2.C12H7Si.2ClH.Zr/c2*1-19(2)21-14-20-12-13-26(28(3,4)5)27(25(20)17-21)22-15-23(29(6,7)8)18-24(16-22)30(9,10)11;1-3-7-11-9(5-1)10-6-2-4-8-12(10)13-11;;;/h2*12-19H,1-11H3;1-7H;2*1H;/q3*-1;;;+2/p-2. The Balaban J connectivity index is 0.000000192. The van der Waals surface area contributed by atoms with Crippen LogP contribution in [0.5, 0.6) is 0 Å². The Hall–Kier alpha value is -2.91. The normalized spacial score (nSPS) is 12.9. The van der Waals surface area contributed by atoms with Gasteiger partial charge in [0, 0.05) is 0 Å². The average molecular weight is 1210 g/mol. The van der Waals surface area contributed by atoms with Gasteiger partial charge in [0.25, 0.3) is 0 Å². The number of hydrogen-bond acceptors (Lipinski definition) is 0. The summed E-state index contributed by atoms with van der Waals surface area (Å²) in [6.45, 7) is 53.0. The van der Waals surface area contributed by atoms with Crippen molar-refractivity contribution >= 4 is 112 Å². The van der Waals surface area contributed by atoms with E-state index in [4.69, 9.17) is 17.0 Å². The van der Waals surface area contributed by atoms with Crippen LogP contribution in [0.25, 0.3) is 54.9 Å². The summed E-state index contributed by atoms with van der Waals surface area (Å²) in [4.78, 5) is 0. The topological polar surface area (TPSA) is 0 Å². The Kier molecular flexibility index (Phi) is 19.7. The molecule has 0 aromatic heterocycles. The first-order chi connectivity index (χ1) is 35.0. The molecule has 0 nitrogen and oxygen atoms in total. The van der Waals surface area contributed by atoms with Gasteiger partial charge in [-0.05, 0) is 33.8 Å². The molecule has 8 heteroatoms. The molecule has 0 amide bonds. The Bertz CT molecular complexity index is 3010. The number of halogens is 2. The third kappa shape index (κ3) is 14.9. The number of hydrogen-bond donors (Lipinski definition) is 0.